The molecule has 0 radical (unpaired) electrons. The third-order valence-electron chi connectivity index (χ3n) is 2.18. The minimum Gasteiger partial charge on any atom is -0.450 e. The van der Waals surface area contributed by atoms with Gasteiger partial charge in [-0.2, -0.15) is 5.26 Å². The van der Waals surface area contributed by atoms with Crippen LogP contribution in [-0.4, -0.2) is 5.97 Å². The average Bonchev–Trinajstić information content (AvgIpc) is 2.83. The summed E-state index contributed by atoms with van der Waals surface area (Å²) in [5, 5.41) is 8.64. The Balaban J connectivity index is 1.97. The highest BCUT2D eigenvalue weighted by atomic mass is 79.9. The van der Waals surface area contributed by atoms with E-state index in [9.17, 15) is 4.79 Å². The van der Waals surface area contributed by atoms with Crippen LogP contribution in [0.25, 0.3) is 6.08 Å². The highest BCUT2D eigenvalue weighted by molar-refractivity contribution is 9.10. The van der Waals surface area contributed by atoms with E-state index in [2.05, 4.69) is 15.9 Å². The average molecular weight is 318 g/mol. The molecule has 0 saturated carbocycles. The number of hydrogen-bond donors (Lipinski definition) is 0. The lowest BCUT2D eigenvalue weighted by atomic mass is 10.2. The van der Waals surface area contributed by atoms with Crippen LogP contribution >= 0.6 is 15.9 Å². The molecule has 0 fully saturated rings. The third-order valence-corrected chi connectivity index (χ3v) is 2.61. The molecule has 19 heavy (non-hydrogen) atoms. The largest absolute Gasteiger partial charge is 0.450 e. The van der Waals surface area contributed by atoms with Crippen LogP contribution in [0, 0.1) is 11.3 Å². The van der Waals surface area contributed by atoms with Gasteiger partial charge < -0.3 is 9.15 Å². The minimum atomic E-state index is -0.516. The molecular formula is C14H8BrNO3. The molecule has 0 N–H and O–H groups in total. The van der Waals surface area contributed by atoms with Crippen molar-refractivity contribution >= 4 is 28.0 Å². The first-order valence-corrected chi connectivity index (χ1v) is 6.12. The van der Waals surface area contributed by atoms with E-state index in [0.717, 1.165) is 0 Å². The van der Waals surface area contributed by atoms with E-state index < -0.39 is 5.97 Å². The van der Waals surface area contributed by atoms with E-state index in [-0.39, 0.29) is 0 Å². The van der Waals surface area contributed by atoms with Gasteiger partial charge in [-0.25, -0.2) is 4.79 Å². The number of hydrogen-bond acceptors (Lipinski definition) is 4. The van der Waals surface area contributed by atoms with Gasteiger partial charge in [-0.1, -0.05) is 0 Å². The predicted octanol–water partition coefficient (Wildman–Crippen LogP) is 3.53. The summed E-state index contributed by atoms with van der Waals surface area (Å²) in [6.07, 6.45) is 2.78. The molecule has 5 heteroatoms. The topological polar surface area (TPSA) is 63.2 Å². The number of benzene rings is 1. The van der Waals surface area contributed by atoms with Crippen LogP contribution in [0.4, 0.5) is 0 Å². The fourth-order valence-corrected chi connectivity index (χ4v) is 1.63. The Morgan fingerprint density at radius 1 is 1.26 bits per heavy atom. The summed E-state index contributed by atoms with van der Waals surface area (Å²) >= 11 is 3.16. The van der Waals surface area contributed by atoms with Crippen LogP contribution in [0.2, 0.25) is 0 Å². The van der Waals surface area contributed by atoms with Crippen molar-refractivity contribution in [2.24, 2.45) is 0 Å². The van der Waals surface area contributed by atoms with Gasteiger partial charge in [-0.05, 0) is 58.4 Å². The Hall–Kier alpha value is -2.32. The van der Waals surface area contributed by atoms with Crippen LogP contribution < -0.4 is 4.74 Å². The Morgan fingerprint density at radius 2 is 2.00 bits per heavy atom. The second-order valence-electron chi connectivity index (χ2n) is 3.53. The molecule has 0 aliphatic heterocycles. The number of furan rings is 1. The summed E-state index contributed by atoms with van der Waals surface area (Å²) in [7, 11) is 0. The molecule has 0 atom stereocenters. The van der Waals surface area contributed by atoms with Crippen LogP contribution in [0.1, 0.15) is 11.3 Å². The quantitative estimate of drug-likeness (QED) is 0.493. The number of rotatable bonds is 3. The summed E-state index contributed by atoms with van der Waals surface area (Å²) in [5.41, 5.74) is 0.510. The molecule has 2 rings (SSSR count). The first-order valence-electron chi connectivity index (χ1n) is 5.33. The molecule has 0 saturated heterocycles. The first-order chi connectivity index (χ1) is 9.17. The van der Waals surface area contributed by atoms with Crippen molar-refractivity contribution in [1.29, 1.82) is 5.26 Å². The number of ether oxygens (including phenoxy) is 1. The molecule has 1 aromatic heterocycles. The Bertz CT molecular complexity index is 650. The lowest BCUT2D eigenvalue weighted by Gasteiger charge is -2.00. The molecule has 1 aromatic carbocycles. The molecule has 4 nitrogen and oxygen atoms in total. The molecule has 2 aromatic rings. The highest BCUT2D eigenvalue weighted by Gasteiger charge is 2.01. The van der Waals surface area contributed by atoms with Crippen molar-refractivity contribution in [3.05, 3.63) is 58.5 Å². The normalized spacial score (nSPS) is 10.3. The SMILES string of the molecule is N#Cc1ccc(OC(=O)/C=C/c2ccc(Br)o2)cc1. The minimum absolute atomic E-state index is 0.384. The lowest BCUT2D eigenvalue weighted by molar-refractivity contribution is -0.128. The Labute approximate surface area is 118 Å². The Morgan fingerprint density at radius 3 is 2.58 bits per heavy atom. The van der Waals surface area contributed by atoms with E-state index in [4.69, 9.17) is 14.4 Å². The molecule has 0 bridgehead atoms. The van der Waals surface area contributed by atoms with E-state index >= 15 is 0 Å². The monoisotopic (exact) mass is 317 g/mol. The zero-order valence-corrected chi connectivity index (χ0v) is 11.3. The smallest absolute Gasteiger partial charge is 0.336 e. The number of esters is 1. The number of nitriles is 1. The Kier molecular flexibility index (Phi) is 4.16. The van der Waals surface area contributed by atoms with E-state index in [1.807, 2.05) is 6.07 Å². The van der Waals surface area contributed by atoms with E-state index in [0.29, 0.717) is 21.7 Å². The number of carbonyl (C=O) groups excluding carboxylic acids is 1. The fourth-order valence-electron chi connectivity index (χ4n) is 1.32. The molecule has 0 aliphatic carbocycles. The first kappa shape index (κ1) is 13.1. The zero-order chi connectivity index (χ0) is 13.7. The van der Waals surface area contributed by atoms with Crippen molar-refractivity contribution in [3.63, 3.8) is 0 Å². The highest BCUT2D eigenvalue weighted by Crippen LogP contribution is 2.15. The molecule has 0 amide bonds. The lowest BCUT2D eigenvalue weighted by Crippen LogP contribution is -2.03. The maximum atomic E-state index is 11.5. The molecular weight excluding hydrogens is 310 g/mol. The van der Waals surface area contributed by atoms with Gasteiger partial charge in [0.1, 0.15) is 11.5 Å². The number of halogens is 1. The summed E-state index contributed by atoms with van der Waals surface area (Å²) in [5.74, 6) is 0.412. The van der Waals surface area contributed by atoms with Crippen molar-refractivity contribution in [1.82, 2.24) is 0 Å². The molecule has 0 aliphatic rings. The van der Waals surface area contributed by atoms with Crippen molar-refractivity contribution in [2.45, 2.75) is 0 Å². The van der Waals surface area contributed by atoms with E-state index in [1.54, 1.807) is 36.4 Å². The van der Waals surface area contributed by atoms with Gasteiger partial charge in [0.25, 0.3) is 0 Å². The summed E-state index contributed by atoms with van der Waals surface area (Å²) in [6, 6.07) is 11.7. The molecule has 0 unspecified atom stereocenters. The van der Waals surface area contributed by atoms with Crippen molar-refractivity contribution in [2.75, 3.05) is 0 Å². The van der Waals surface area contributed by atoms with Gasteiger partial charge in [-0.3, -0.25) is 0 Å². The maximum Gasteiger partial charge on any atom is 0.336 e. The third kappa shape index (κ3) is 3.83. The van der Waals surface area contributed by atoms with Crippen molar-refractivity contribution < 1.29 is 13.9 Å². The maximum absolute atomic E-state index is 11.5. The zero-order valence-electron chi connectivity index (χ0n) is 9.67. The standard InChI is InChI=1S/C14H8BrNO3/c15-13-7-5-11(18-13)6-8-14(17)19-12-3-1-10(9-16)2-4-12/h1-8H/b8-6+. The van der Waals surface area contributed by atoms with Crippen molar-refractivity contribution in [3.8, 4) is 11.8 Å². The van der Waals surface area contributed by atoms with Gasteiger partial charge >= 0.3 is 5.97 Å². The number of nitrogens with zero attached hydrogens (tertiary/aromatic N) is 1. The van der Waals surface area contributed by atoms with Gasteiger partial charge in [0.2, 0.25) is 0 Å². The second kappa shape index (κ2) is 6.03. The van der Waals surface area contributed by atoms with Gasteiger partial charge in [0.05, 0.1) is 11.6 Å². The van der Waals surface area contributed by atoms with Gasteiger partial charge in [0, 0.05) is 6.08 Å². The summed E-state index contributed by atoms with van der Waals surface area (Å²) in [4.78, 5) is 11.5. The summed E-state index contributed by atoms with van der Waals surface area (Å²) < 4.78 is 10.8. The van der Waals surface area contributed by atoms with E-state index in [1.165, 1.54) is 12.2 Å². The van der Waals surface area contributed by atoms with Crippen LogP contribution in [0.3, 0.4) is 0 Å². The molecule has 0 spiro atoms. The molecule has 1 heterocycles. The predicted molar refractivity (Wildman–Crippen MR) is 72.2 cm³/mol. The summed E-state index contributed by atoms with van der Waals surface area (Å²) in [6.45, 7) is 0. The van der Waals surface area contributed by atoms with Gasteiger partial charge in [0.15, 0.2) is 4.67 Å². The van der Waals surface area contributed by atoms with Crippen LogP contribution in [0.5, 0.6) is 5.75 Å². The fraction of sp³-hybridized carbons (Fsp3) is 0. The van der Waals surface area contributed by atoms with Gasteiger partial charge in [-0.15, -0.1) is 0 Å². The second-order valence-corrected chi connectivity index (χ2v) is 4.31. The number of carbonyl (C=O) groups is 1. The van der Waals surface area contributed by atoms with Crippen LogP contribution in [0.15, 0.2) is 51.6 Å². The molecule has 94 valence electrons. The van der Waals surface area contributed by atoms with Crippen LogP contribution in [-0.2, 0) is 4.79 Å².